The molecule has 1 aliphatic rings. The minimum atomic E-state index is -0.185. The molecule has 2 rings (SSSR count). The van der Waals surface area contributed by atoms with Gasteiger partial charge in [0.2, 0.25) is 0 Å². The summed E-state index contributed by atoms with van der Waals surface area (Å²) in [6.45, 7) is 2.95. The van der Waals surface area contributed by atoms with E-state index in [2.05, 4.69) is 33.2 Å². The lowest BCUT2D eigenvalue weighted by atomic mass is 10.2. The first kappa shape index (κ1) is 12.0. The average Bonchev–Trinajstić information content (AvgIpc) is 2.60. The molecule has 0 spiro atoms. The Morgan fingerprint density at radius 1 is 1.50 bits per heavy atom. The van der Waals surface area contributed by atoms with Gasteiger partial charge in [-0.15, -0.1) is 0 Å². The van der Waals surface area contributed by atoms with E-state index >= 15 is 0 Å². The molecule has 88 valence electrons. The third-order valence-corrected chi connectivity index (χ3v) is 3.37. The number of hydrogen-bond acceptors (Lipinski definition) is 2. The molecule has 1 fully saturated rings. The summed E-state index contributed by atoms with van der Waals surface area (Å²) in [5.74, 6) is -0.185. The van der Waals surface area contributed by atoms with Crippen LogP contribution in [0.15, 0.2) is 22.7 Å². The lowest BCUT2D eigenvalue weighted by Gasteiger charge is -2.13. The highest BCUT2D eigenvalue weighted by Crippen LogP contribution is 2.15. The van der Waals surface area contributed by atoms with Crippen molar-refractivity contribution in [1.29, 1.82) is 0 Å². The Labute approximate surface area is 104 Å². The molecule has 0 aliphatic carbocycles. The third kappa shape index (κ3) is 3.27. The minimum Gasteiger partial charge on any atom is -0.309 e. The second kappa shape index (κ2) is 5.25. The van der Waals surface area contributed by atoms with Gasteiger partial charge in [0.25, 0.3) is 0 Å². The van der Waals surface area contributed by atoms with E-state index < -0.39 is 0 Å². The van der Waals surface area contributed by atoms with Crippen molar-refractivity contribution in [2.45, 2.75) is 19.0 Å². The van der Waals surface area contributed by atoms with E-state index in [4.69, 9.17) is 0 Å². The number of likely N-dealkylation sites (tertiary alicyclic amines) is 1. The van der Waals surface area contributed by atoms with E-state index in [1.54, 1.807) is 6.07 Å². The predicted molar refractivity (Wildman–Crippen MR) is 66.8 cm³/mol. The molecule has 0 bridgehead atoms. The van der Waals surface area contributed by atoms with E-state index in [0.29, 0.717) is 6.04 Å². The molecule has 0 saturated carbocycles. The van der Waals surface area contributed by atoms with Crippen LogP contribution in [-0.4, -0.2) is 31.1 Å². The van der Waals surface area contributed by atoms with Crippen molar-refractivity contribution in [1.82, 2.24) is 10.2 Å². The molecule has 1 saturated heterocycles. The van der Waals surface area contributed by atoms with Crippen LogP contribution in [0.25, 0.3) is 0 Å². The number of nitrogens with one attached hydrogen (secondary N) is 1. The number of hydrogen-bond donors (Lipinski definition) is 1. The Balaban J connectivity index is 1.89. The number of halogens is 2. The molecule has 4 heteroatoms. The van der Waals surface area contributed by atoms with E-state index in [9.17, 15) is 4.39 Å². The van der Waals surface area contributed by atoms with Gasteiger partial charge >= 0.3 is 0 Å². The predicted octanol–water partition coefficient (Wildman–Crippen LogP) is 2.38. The van der Waals surface area contributed by atoms with Gasteiger partial charge in [0, 0.05) is 23.6 Å². The second-order valence-corrected chi connectivity index (χ2v) is 5.32. The fourth-order valence-electron chi connectivity index (χ4n) is 2.08. The smallest absolute Gasteiger partial charge is 0.124 e. The summed E-state index contributed by atoms with van der Waals surface area (Å²) < 4.78 is 13.9. The zero-order chi connectivity index (χ0) is 11.5. The van der Waals surface area contributed by atoms with Crippen molar-refractivity contribution in [3.05, 3.63) is 34.1 Å². The summed E-state index contributed by atoms with van der Waals surface area (Å²) in [7, 11) is 2.13. The lowest BCUT2D eigenvalue weighted by molar-refractivity contribution is 0.397. The Morgan fingerprint density at radius 3 is 2.94 bits per heavy atom. The first-order valence-corrected chi connectivity index (χ1v) is 6.29. The molecular formula is C12H16BrFN2. The Hall–Kier alpha value is -0.450. The molecule has 0 radical (unpaired) electrons. The molecule has 0 amide bonds. The summed E-state index contributed by atoms with van der Waals surface area (Å²) in [5.41, 5.74) is 0.987. The lowest BCUT2D eigenvalue weighted by Crippen LogP contribution is -2.30. The second-order valence-electron chi connectivity index (χ2n) is 4.41. The van der Waals surface area contributed by atoms with Crippen LogP contribution in [0.4, 0.5) is 4.39 Å². The SMILES string of the molecule is CN1CCC(NCc2cc(F)cc(Br)c2)C1. The highest BCUT2D eigenvalue weighted by molar-refractivity contribution is 9.10. The standard InChI is InChI=1S/C12H16BrFN2/c1-16-3-2-12(8-16)15-7-9-4-10(13)6-11(14)5-9/h4-6,12,15H,2-3,7-8H2,1H3. The van der Waals surface area contributed by atoms with E-state index in [0.717, 1.165) is 29.7 Å². The molecule has 1 N–H and O–H groups in total. The fourth-order valence-corrected chi connectivity index (χ4v) is 2.59. The quantitative estimate of drug-likeness (QED) is 0.918. The normalized spacial score (nSPS) is 21.6. The Morgan fingerprint density at radius 2 is 2.31 bits per heavy atom. The number of nitrogens with zero attached hydrogens (tertiary/aromatic N) is 1. The van der Waals surface area contributed by atoms with Gasteiger partial charge in [0.05, 0.1) is 0 Å². The summed E-state index contributed by atoms with van der Waals surface area (Å²) in [6.07, 6.45) is 1.17. The topological polar surface area (TPSA) is 15.3 Å². The fraction of sp³-hybridized carbons (Fsp3) is 0.500. The van der Waals surface area contributed by atoms with Crippen molar-refractivity contribution >= 4 is 15.9 Å². The van der Waals surface area contributed by atoms with Gasteiger partial charge in [-0.3, -0.25) is 0 Å². The van der Waals surface area contributed by atoms with Crippen LogP contribution in [0.5, 0.6) is 0 Å². The summed E-state index contributed by atoms with van der Waals surface area (Å²) in [4.78, 5) is 2.30. The Kier molecular flexibility index (Phi) is 3.95. The molecule has 1 aromatic carbocycles. The van der Waals surface area contributed by atoms with Gasteiger partial charge in [-0.1, -0.05) is 15.9 Å². The first-order valence-electron chi connectivity index (χ1n) is 5.50. The molecule has 0 aromatic heterocycles. The molecular weight excluding hydrogens is 271 g/mol. The van der Waals surface area contributed by atoms with Crippen LogP contribution in [0.3, 0.4) is 0 Å². The highest BCUT2D eigenvalue weighted by atomic mass is 79.9. The molecule has 1 aromatic rings. The van der Waals surface area contributed by atoms with E-state index in [-0.39, 0.29) is 5.82 Å². The maximum Gasteiger partial charge on any atom is 0.124 e. The van der Waals surface area contributed by atoms with Gasteiger partial charge < -0.3 is 10.2 Å². The van der Waals surface area contributed by atoms with Crippen LogP contribution >= 0.6 is 15.9 Å². The van der Waals surface area contributed by atoms with Crippen LogP contribution in [-0.2, 0) is 6.54 Å². The molecule has 1 atom stereocenters. The molecule has 2 nitrogen and oxygen atoms in total. The summed E-state index contributed by atoms with van der Waals surface area (Å²) in [6, 6.07) is 5.55. The van der Waals surface area contributed by atoms with Crippen molar-refractivity contribution in [2.75, 3.05) is 20.1 Å². The van der Waals surface area contributed by atoms with Crippen LogP contribution < -0.4 is 5.32 Å². The number of benzene rings is 1. The molecule has 1 heterocycles. The van der Waals surface area contributed by atoms with Gasteiger partial charge in [-0.2, -0.15) is 0 Å². The van der Waals surface area contributed by atoms with Crippen molar-refractivity contribution < 1.29 is 4.39 Å². The van der Waals surface area contributed by atoms with Gasteiger partial charge in [-0.05, 0) is 43.8 Å². The molecule has 1 unspecified atom stereocenters. The van der Waals surface area contributed by atoms with Crippen molar-refractivity contribution in [2.24, 2.45) is 0 Å². The molecule has 1 aliphatic heterocycles. The van der Waals surface area contributed by atoms with Crippen LogP contribution in [0, 0.1) is 5.82 Å². The van der Waals surface area contributed by atoms with Gasteiger partial charge in [0.15, 0.2) is 0 Å². The Bertz CT molecular complexity index is 350. The van der Waals surface area contributed by atoms with E-state index in [1.807, 2.05) is 6.07 Å². The average molecular weight is 287 g/mol. The van der Waals surface area contributed by atoms with Gasteiger partial charge in [-0.25, -0.2) is 4.39 Å². The van der Waals surface area contributed by atoms with Crippen LogP contribution in [0.1, 0.15) is 12.0 Å². The number of rotatable bonds is 3. The summed E-state index contributed by atoms with van der Waals surface area (Å²) >= 11 is 3.30. The first-order chi connectivity index (χ1) is 7.63. The van der Waals surface area contributed by atoms with Crippen LogP contribution in [0.2, 0.25) is 0 Å². The zero-order valence-corrected chi connectivity index (χ0v) is 10.9. The largest absolute Gasteiger partial charge is 0.309 e. The maximum atomic E-state index is 13.1. The molecule has 16 heavy (non-hydrogen) atoms. The van der Waals surface area contributed by atoms with Gasteiger partial charge in [0.1, 0.15) is 5.82 Å². The summed E-state index contributed by atoms with van der Waals surface area (Å²) in [5, 5.41) is 3.45. The van der Waals surface area contributed by atoms with Crippen molar-refractivity contribution in [3.8, 4) is 0 Å². The number of likely N-dealkylation sites (N-methyl/N-ethyl adjacent to an activating group) is 1. The monoisotopic (exact) mass is 286 g/mol. The highest BCUT2D eigenvalue weighted by Gasteiger charge is 2.18. The minimum absolute atomic E-state index is 0.185. The maximum absolute atomic E-state index is 13.1. The third-order valence-electron chi connectivity index (χ3n) is 2.91. The van der Waals surface area contributed by atoms with E-state index in [1.165, 1.54) is 12.5 Å². The zero-order valence-electron chi connectivity index (χ0n) is 9.34. The van der Waals surface area contributed by atoms with Crippen molar-refractivity contribution in [3.63, 3.8) is 0 Å².